The first kappa shape index (κ1) is 18.9. The van der Waals surface area contributed by atoms with Crippen LogP contribution in [0.2, 0.25) is 0 Å². The molecule has 0 radical (unpaired) electrons. The summed E-state index contributed by atoms with van der Waals surface area (Å²) in [5, 5.41) is 9.48. The van der Waals surface area contributed by atoms with Crippen LogP contribution < -0.4 is 4.74 Å². The zero-order valence-electron chi connectivity index (χ0n) is 14.8. The van der Waals surface area contributed by atoms with Crippen molar-refractivity contribution in [2.24, 2.45) is 5.41 Å². The molecule has 1 aromatic carbocycles. The molecule has 1 N–H and O–H groups in total. The monoisotopic (exact) mass is 377 g/mol. The average Bonchev–Trinajstić information content (AvgIpc) is 3.29. The van der Waals surface area contributed by atoms with Gasteiger partial charge in [-0.3, -0.25) is 9.59 Å². The second kappa shape index (κ2) is 7.79. The number of carbonyl (C=O) groups is 2. The molecule has 3 rings (SSSR count). The fraction of sp³-hybridized carbons (Fsp3) is 0.368. The lowest BCUT2D eigenvalue weighted by Crippen LogP contribution is -2.40. The lowest BCUT2D eigenvalue weighted by molar-refractivity contribution is -0.151. The van der Waals surface area contributed by atoms with Gasteiger partial charge in [-0.2, -0.15) is 0 Å². The standard InChI is InChI=1S/C19H20FNO6/c1-25-12-19(18(23)24)8-9-21(11-19)17(22)16-7-6-15(27-16)10-26-14-4-2-13(20)3-5-14/h2-7H,8-12H2,1H3,(H,23,24). The summed E-state index contributed by atoms with van der Waals surface area (Å²) in [6.07, 6.45) is 0.323. The van der Waals surface area contributed by atoms with Crippen molar-refractivity contribution in [3.8, 4) is 5.75 Å². The first-order valence-corrected chi connectivity index (χ1v) is 8.42. The maximum absolute atomic E-state index is 12.9. The second-order valence-corrected chi connectivity index (χ2v) is 6.50. The fourth-order valence-electron chi connectivity index (χ4n) is 3.09. The number of likely N-dealkylation sites (tertiary alicyclic amines) is 1. The number of rotatable bonds is 7. The minimum Gasteiger partial charge on any atom is -0.486 e. The van der Waals surface area contributed by atoms with Crippen molar-refractivity contribution < 1.29 is 33.0 Å². The van der Waals surface area contributed by atoms with Crippen LogP contribution in [0.1, 0.15) is 22.7 Å². The average molecular weight is 377 g/mol. The summed E-state index contributed by atoms with van der Waals surface area (Å²) < 4.78 is 28.9. The van der Waals surface area contributed by atoms with Crippen LogP contribution in [-0.2, 0) is 16.1 Å². The molecule has 1 unspecified atom stereocenters. The number of hydrogen-bond acceptors (Lipinski definition) is 5. The Hall–Kier alpha value is -2.87. The number of carboxylic acid groups (broad SMARTS) is 1. The lowest BCUT2D eigenvalue weighted by atomic mass is 9.88. The summed E-state index contributed by atoms with van der Waals surface area (Å²) >= 11 is 0. The van der Waals surface area contributed by atoms with E-state index < -0.39 is 11.4 Å². The van der Waals surface area contributed by atoms with Crippen molar-refractivity contribution >= 4 is 11.9 Å². The summed E-state index contributed by atoms with van der Waals surface area (Å²) in [6, 6.07) is 8.71. The Labute approximate surface area is 155 Å². The number of nitrogens with zero attached hydrogens (tertiary/aromatic N) is 1. The Kier molecular flexibility index (Phi) is 5.46. The Bertz CT molecular complexity index is 818. The first-order valence-electron chi connectivity index (χ1n) is 8.42. The van der Waals surface area contributed by atoms with E-state index in [1.807, 2.05) is 0 Å². The van der Waals surface area contributed by atoms with E-state index in [9.17, 15) is 19.1 Å². The highest BCUT2D eigenvalue weighted by Crippen LogP contribution is 2.32. The number of carboxylic acids is 1. The number of hydrogen-bond donors (Lipinski definition) is 1. The van der Waals surface area contributed by atoms with Crippen molar-refractivity contribution in [3.63, 3.8) is 0 Å². The number of ether oxygens (including phenoxy) is 2. The van der Waals surface area contributed by atoms with E-state index >= 15 is 0 Å². The highest BCUT2D eigenvalue weighted by molar-refractivity contribution is 5.92. The van der Waals surface area contributed by atoms with Gasteiger partial charge >= 0.3 is 5.97 Å². The number of aliphatic carboxylic acids is 1. The molecule has 27 heavy (non-hydrogen) atoms. The molecule has 7 nitrogen and oxygen atoms in total. The van der Waals surface area contributed by atoms with Crippen LogP contribution in [0.15, 0.2) is 40.8 Å². The van der Waals surface area contributed by atoms with Crippen molar-refractivity contribution in [1.82, 2.24) is 4.90 Å². The predicted molar refractivity (Wildman–Crippen MR) is 91.9 cm³/mol. The molecule has 1 fully saturated rings. The van der Waals surface area contributed by atoms with E-state index in [2.05, 4.69) is 0 Å². The van der Waals surface area contributed by atoms with E-state index in [4.69, 9.17) is 13.9 Å². The normalized spacial score (nSPS) is 19.3. The molecule has 1 aliphatic heterocycles. The smallest absolute Gasteiger partial charge is 0.313 e. The predicted octanol–water partition coefficient (Wildman–Crippen LogP) is 2.56. The largest absolute Gasteiger partial charge is 0.486 e. The summed E-state index contributed by atoms with van der Waals surface area (Å²) in [6.45, 7) is 0.510. The number of methoxy groups -OCH3 is 1. The van der Waals surface area contributed by atoms with Crippen LogP contribution in [0.25, 0.3) is 0 Å². The number of furan rings is 1. The zero-order chi connectivity index (χ0) is 19.4. The molecular formula is C19H20FNO6. The first-order chi connectivity index (χ1) is 12.9. The third-order valence-corrected chi connectivity index (χ3v) is 4.58. The molecule has 0 saturated carbocycles. The van der Waals surface area contributed by atoms with Crippen molar-refractivity contribution in [1.29, 1.82) is 0 Å². The number of halogens is 1. The van der Waals surface area contributed by atoms with Crippen LogP contribution >= 0.6 is 0 Å². The van der Waals surface area contributed by atoms with Gasteiger partial charge in [0.1, 0.15) is 29.3 Å². The number of carbonyl (C=O) groups excluding carboxylic acids is 1. The molecule has 1 saturated heterocycles. The van der Waals surface area contributed by atoms with Crippen LogP contribution in [-0.4, -0.2) is 48.7 Å². The van der Waals surface area contributed by atoms with Gasteiger partial charge in [-0.1, -0.05) is 0 Å². The highest BCUT2D eigenvalue weighted by Gasteiger charge is 2.46. The van der Waals surface area contributed by atoms with Crippen molar-refractivity contribution in [2.75, 3.05) is 26.8 Å². The van der Waals surface area contributed by atoms with E-state index in [-0.39, 0.29) is 37.2 Å². The third-order valence-electron chi connectivity index (χ3n) is 4.58. The Morgan fingerprint density at radius 3 is 2.67 bits per heavy atom. The summed E-state index contributed by atoms with van der Waals surface area (Å²) in [7, 11) is 1.44. The lowest BCUT2D eigenvalue weighted by Gasteiger charge is -2.23. The molecule has 1 amide bonds. The van der Waals surface area contributed by atoms with Gasteiger partial charge in [-0.05, 0) is 42.8 Å². The Morgan fingerprint density at radius 2 is 2.00 bits per heavy atom. The highest BCUT2D eigenvalue weighted by atomic mass is 19.1. The summed E-state index contributed by atoms with van der Waals surface area (Å²) in [5.41, 5.74) is -1.09. The van der Waals surface area contributed by atoms with E-state index in [0.29, 0.717) is 24.5 Å². The molecule has 1 atom stereocenters. The SMILES string of the molecule is COCC1(C(=O)O)CCN(C(=O)c2ccc(COc3ccc(F)cc3)o2)C1. The second-order valence-electron chi connectivity index (χ2n) is 6.50. The van der Waals surface area contributed by atoms with Crippen LogP contribution in [0.3, 0.4) is 0 Å². The van der Waals surface area contributed by atoms with Gasteiger partial charge in [0.25, 0.3) is 5.91 Å². The minimum atomic E-state index is -1.09. The molecule has 1 aromatic heterocycles. The molecule has 8 heteroatoms. The molecule has 0 spiro atoms. The zero-order valence-corrected chi connectivity index (χ0v) is 14.8. The Balaban J connectivity index is 1.61. The van der Waals surface area contributed by atoms with Gasteiger partial charge in [0, 0.05) is 20.2 Å². The van der Waals surface area contributed by atoms with Gasteiger partial charge < -0.3 is 23.9 Å². The van der Waals surface area contributed by atoms with Gasteiger partial charge in [0.15, 0.2) is 5.76 Å². The van der Waals surface area contributed by atoms with E-state index in [1.54, 1.807) is 6.07 Å². The quantitative estimate of drug-likeness (QED) is 0.798. The van der Waals surface area contributed by atoms with Gasteiger partial charge in [0.05, 0.1) is 6.61 Å². The Morgan fingerprint density at radius 1 is 1.26 bits per heavy atom. The molecule has 2 heterocycles. The van der Waals surface area contributed by atoms with Gasteiger partial charge in [-0.25, -0.2) is 4.39 Å². The third kappa shape index (κ3) is 4.11. The maximum Gasteiger partial charge on any atom is 0.313 e. The summed E-state index contributed by atoms with van der Waals surface area (Å²) in [4.78, 5) is 25.6. The number of amides is 1. The van der Waals surface area contributed by atoms with Crippen molar-refractivity contribution in [3.05, 3.63) is 53.7 Å². The molecule has 1 aliphatic rings. The van der Waals surface area contributed by atoms with Gasteiger partial charge in [-0.15, -0.1) is 0 Å². The molecule has 0 aliphatic carbocycles. The maximum atomic E-state index is 12.9. The fourth-order valence-corrected chi connectivity index (χ4v) is 3.09. The molecular weight excluding hydrogens is 357 g/mol. The molecule has 144 valence electrons. The minimum absolute atomic E-state index is 0.0427. The van der Waals surface area contributed by atoms with Gasteiger partial charge in [0.2, 0.25) is 0 Å². The molecule has 0 bridgehead atoms. The van der Waals surface area contributed by atoms with E-state index in [1.165, 1.54) is 42.3 Å². The van der Waals surface area contributed by atoms with E-state index in [0.717, 1.165) is 0 Å². The number of benzene rings is 1. The van der Waals surface area contributed by atoms with Crippen LogP contribution in [0, 0.1) is 11.2 Å². The topological polar surface area (TPSA) is 89.2 Å². The van der Waals surface area contributed by atoms with Crippen LogP contribution in [0.5, 0.6) is 5.75 Å². The summed E-state index contributed by atoms with van der Waals surface area (Å²) in [5.74, 6) is -0.680. The van der Waals surface area contributed by atoms with Crippen molar-refractivity contribution in [2.45, 2.75) is 13.0 Å². The van der Waals surface area contributed by atoms with Crippen LogP contribution in [0.4, 0.5) is 4.39 Å². The molecule has 2 aromatic rings.